The van der Waals surface area contributed by atoms with Gasteiger partial charge >= 0.3 is 5.69 Å². The molecular formula is C14H18N4O3. The van der Waals surface area contributed by atoms with E-state index in [-0.39, 0.29) is 18.1 Å². The number of amides is 1. The Morgan fingerprint density at radius 1 is 1.29 bits per heavy atom. The highest BCUT2D eigenvalue weighted by molar-refractivity contribution is 5.94. The van der Waals surface area contributed by atoms with E-state index in [2.05, 4.69) is 20.5 Å². The van der Waals surface area contributed by atoms with Crippen molar-refractivity contribution >= 4 is 5.91 Å². The van der Waals surface area contributed by atoms with Crippen molar-refractivity contribution in [3.05, 3.63) is 46.1 Å². The van der Waals surface area contributed by atoms with Crippen molar-refractivity contribution in [2.45, 2.75) is 32.9 Å². The number of hydrogen-bond donors (Lipinski definition) is 3. The van der Waals surface area contributed by atoms with Gasteiger partial charge in [-0.25, -0.2) is 9.89 Å². The van der Waals surface area contributed by atoms with E-state index in [0.29, 0.717) is 17.1 Å². The molecule has 3 N–H and O–H groups in total. The van der Waals surface area contributed by atoms with Crippen LogP contribution in [0, 0.1) is 0 Å². The zero-order valence-electron chi connectivity index (χ0n) is 12.2. The molecule has 0 saturated heterocycles. The summed E-state index contributed by atoms with van der Waals surface area (Å²) in [6.07, 6.45) is 0. The number of nitrogens with one attached hydrogen (secondary N) is 3. The van der Waals surface area contributed by atoms with Crippen molar-refractivity contribution in [3.8, 4) is 5.75 Å². The molecule has 112 valence electrons. The van der Waals surface area contributed by atoms with Crippen LogP contribution in [0.3, 0.4) is 0 Å². The minimum absolute atomic E-state index is 0.151. The first-order valence-corrected chi connectivity index (χ1v) is 6.54. The predicted molar refractivity (Wildman–Crippen MR) is 77.2 cm³/mol. The number of carbonyl (C=O) groups is 1. The van der Waals surface area contributed by atoms with Gasteiger partial charge in [-0.05, 0) is 45.0 Å². The van der Waals surface area contributed by atoms with Gasteiger partial charge in [-0.1, -0.05) is 0 Å². The average molecular weight is 290 g/mol. The lowest BCUT2D eigenvalue weighted by Crippen LogP contribution is -2.24. The Labute approximate surface area is 121 Å². The van der Waals surface area contributed by atoms with Crippen LogP contribution in [-0.4, -0.2) is 26.7 Å². The molecule has 0 atom stereocenters. The average Bonchev–Trinajstić information content (AvgIpc) is 2.81. The smallest absolute Gasteiger partial charge is 0.340 e. The molecule has 0 aliphatic rings. The summed E-state index contributed by atoms with van der Waals surface area (Å²) in [5.41, 5.74) is -0.174. The van der Waals surface area contributed by atoms with Crippen LogP contribution in [-0.2, 0) is 6.54 Å². The van der Waals surface area contributed by atoms with E-state index in [4.69, 9.17) is 4.74 Å². The molecule has 2 aromatic rings. The maximum Gasteiger partial charge on any atom is 0.340 e. The molecule has 0 unspecified atom stereocenters. The van der Waals surface area contributed by atoms with E-state index < -0.39 is 5.69 Å². The standard InChI is InChI=1S/C14H18N4O3/c1-14(2,3)21-10-6-4-9(5-7-10)12(19)15-8-11-16-13(20)18-17-11/h4-7H,8H2,1-3H3,(H,15,19)(H2,16,17,18,20). The lowest BCUT2D eigenvalue weighted by Gasteiger charge is -2.21. The second-order valence-corrected chi connectivity index (χ2v) is 5.55. The van der Waals surface area contributed by atoms with E-state index in [1.165, 1.54) is 0 Å². The molecule has 0 saturated carbocycles. The van der Waals surface area contributed by atoms with E-state index >= 15 is 0 Å². The molecule has 21 heavy (non-hydrogen) atoms. The fraction of sp³-hybridized carbons (Fsp3) is 0.357. The molecule has 0 bridgehead atoms. The monoisotopic (exact) mass is 290 g/mol. The third-order valence-electron chi connectivity index (χ3n) is 2.51. The Morgan fingerprint density at radius 3 is 2.48 bits per heavy atom. The van der Waals surface area contributed by atoms with Gasteiger partial charge in [-0.3, -0.25) is 9.78 Å². The maximum absolute atomic E-state index is 11.9. The molecular weight excluding hydrogens is 272 g/mol. The highest BCUT2D eigenvalue weighted by Gasteiger charge is 2.12. The highest BCUT2D eigenvalue weighted by atomic mass is 16.5. The molecule has 0 radical (unpaired) electrons. The molecule has 1 aromatic carbocycles. The first-order chi connectivity index (χ1) is 9.83. The summed E-state index contributed by atoms with van der Waals surface area (Å²) in [5, 5.41) is 8.60. The van der Waals surface area contributed by atoms with Gasteiger partial charge in [0.25, 0.3) is 5.91 Å². The van der Waals surface area contributed by atoms with Crippen molar-refractivity contribution in [1.82, 2.24) is 20.5 Å². The molecule has 1 amide bonds. The van der Waals surface area contributed by atoms with Gasteiger partial charge in [0.1, 0.15) is 17.2 Å². The largest absolute Gasteiger partial charge is 0.488 e. The van der Waals surface area contributed by atoms with E-state index in [9.17, 15) is 9.59 Å². The number of aromatic amines is 2. The lowest BCUT2D eigenvalue weighted by atomic mass is 10.1. The van der Waals surface area contributed by atoms with Crippen molar-refractivity contribution in [2.24, 2.45) is 0 Å². The van der Waals surface area contributed by atoms with Crippen molar-refractivity contribution < 1.29 is 9.53 Å². The van der Waals surface area contributed by atoms with E-state index in [0.717, 1.165) is 0 Å². The molecule has 2 rings (SSSR count). The number of benzene rings is 1. The van der Waals surface area contributed by atoms with Crippen LogP contribution in [0.15, 0.2) is 29.1 Å². The van der Waals surface area contributed by atoms with Gasteiger partial charge in [-0.2, -0.15) is 5.10 Å². The number of ether oxygens (including phenoxy) is 1. The van der Waals surface area contributed by atoms with Crippen LogP contribution in [0.5, 0.6) is 5.75 Å². The first kappa shape index (κ1) is 14.8. The SMILES string of the molecule is CC(C)(C)Oc1ccc(C(=O)NCc2n[nH]c(=O)[nH]2)cc1. The van der Waals surface area contributed by atoms with Gasteiger partial charge in [0.15, 0.2) is 0 Å². The van der Waals surface area contributed by atoms with Gasteiger partial charge in [-0.15, -0.1) is 0 Å². The Kier molecular flexibility index (Phi) is 4.11. The lowest BCUT2D eigenvalue weighted by molar-refractivity contribution is 0.0950. The number of aromatic nitrogens is 3. The number of nitrogens with zero attached hydrogens (tertiary/aromatic N) is 1. The summed E-state index contributed by atoms with van der Waals surface area (Å²) in [7, 11) is 0. The minimum atomic E-state index is -0.400. The number of carbonyl (C=O) groups excluding carboxylic acids is 1. The maximum atomic E-state index is 11.9. The number of rotatable bonds is 4. The predicted octanol–water partition coefficient (Wildman–Crippen LogP) is 1.21. The van der Waals surface area contributed by atoms with Crippen LogP contribution < -0.4 is 15.7 Å². The van der Waals surface area contributed by atoms with Crippen molar-refractivity contribution in [1.29, 1.82) is 0 Å². The summed E-state index contributed by atoms with van der Waals surface area (Å²) in [6.45, 7) is 6.02. The van der Waals surface area contributed by atoms with Crippen LogP contribution >= 0.6 is 0 Å². The van der Waals surface area contributed by atoms with Crippen LogP contribution in [0.2, 0.25) is 0 Å². The van der Waals surface area contributed by atoms with Gasteiger partial charge in [0.05, 0.1) is 6.54 Å². The van der Waals surface area contributed by atoms with Crippen LogP contribution in [0.1, 0.15) is 37.0 Å². The Balaban J connectivity index is 1.95. The number of hydrogen-bond acceptors (Lipinski definition) is 4. The van der Waals surface area contributed by atoms with Gasteiger partial charge in [0.2, 0.25) is 0 Å². The highest BCUT2D eigenvalue weighted by Crippen LogP contribution is 2.18. The van der Waals surface area contributed by atoms with E-state index in [1.54, 1.807) is 24.3 Å². The second-order valence-electron chi connectivity index (χ2n) is 5.55. The summed E-state index contributed by atoms with van der Waals surface area (Å²) in [4.78, 5) is 25.3. The van der Waals surface area contributed by atoms with Crippen LogP contribution in [0.4, 0.5) is 0 Å². The molecule has 7 nitrogen and oxygen atoms in total. The van der Waals surface area contributed by atoms with Crippen molar-refractivity contribution in [3.63, 3.8) is 0 Å². The molecule has 0 aliphatic heterocycles. The Bertz CT molecular complexity index is 665. The normalized spacial score (nSPS) is 11.2. The zero-order valence-corrected chi connectivity index (χ0v) is 12.2. The summed E-state index contributed by atoms with van der Waals surface area (Å²) < 4.78 is 5.68. The van der Waals surface area contributed by atoms with Crippen LogP contribution in [0.25, 0.3) is 0 Å². The summed E-state index contributed by atoms with van der Waals surface area (Å²) in [6, 6.07) is 6.86. The molecule has 0 fully saturated rings. The van der Waals surface area contributed by atoms with Gasteiger partial charge < -0.3 is 10.1 Å². The fourth-order valence-corrected chi connectivity index (χ4v) is 1.68. The van der Waals surface area contributed by atoms with E-state index in [1.807, 2.05) is 20.8 Å². The Hall–Kier alpha value is -2.57. The number of H-pyrrole nitrogens is 2. The van der Waals surface area contributed by atoms with Gasteiger partial charge in [0, 0.05) is 5.56 Å². The topological polar surface area (TPSA) is 99.9 Å². The zero-order chi connectivity index (χ0) is 15.5. The van der Waals surface area contributed by atoms with Crippen molar-refractivity contribution in [2.75, 3.05) is 0 Å². The quantitative estimate of drug-likeness (QED) is 0.787. The first-order valence-electron chi connectivity index (χ1n) is 6.54. The molecule has 7 heteroatoms. The summed E-state index contributed by atoms with van der Waals surface area (Å²) >= 11 is 0. The third-order valence-corrected chi connectivity index (χ3v) is 2.51. The molecule has 0 aliphatic carbocycles. The molecule has 1 aromatic heterocycles. The minimum Gasteiger partial charge on any atom is -0.488 e. The molecule has 0 spiro atoms. The molecule has 1 heterocycles. The fourth-order valence-electron chi connectivity index (χ4n) is 1.68. The third kappa shape index (κ3) is 4.48. The summed E-state index contributed by atoms with van der Waals surface area (Å²) in [5.74, 6) is 0.831. The Morgan fingerprint density at radius 2 is 1.95 bits per heavy atom. The second kappa shape index (κ2) is 5.82.